The van der Waals surface area contributed by atoms with Gasteiger partial charge in [0.2, 0.25) is 5.91 Å². The predicted octanol–water partition coefficient (Wildman–Crippen LogP) is 2.20. The van der Waals surface area contributed by atoms with E-state index in [4.69, 9.17) is 5.73 Å². The number of unbranched alkanes of at least 4 members (excludes halogenated alkanes) is 1. The number of aliphatic carboxylic acids is 1. The third-order valence-corrected chi connectivity index (χ3v) is 5.27. The highest BCUT2D eigenvalue weighted by Gasteiger charge is 2.26. The van der Waals surface area contributed by atoms with Crippen LogP contribution in [-0.2, 0) is 9.59 Å². The number of nitrogens with two attached hydrogens (primary N) is 1. The van der Waals surface area contributed by atoms with Crippen molar-refractivity contribution >= 4 is 23.7 Å². The number of carbonyl (C=O) groups excluding carboxylic acids is 3. The Morgan fingerprint density at radius 2 is 1.38 bits per heavy atom. The molecule has 34 heavy (non-hydrogen) atoms. The van der Waals surface area contributed by atoms with Crippen molar-refractivity contribution < 1.29 is 24.3 Å². The smallest absolute Gasteiger partial charge is 0.326 e. The second-order valence-corrected chi connectivity index (χ2v) is 8.25. The van der Waals surface area contributed by atoms with Gasteiger partial charge in [-0.25, -0.2) is 15.2 Å². The largest absolute Gasteiger partial charge is 0.480 e. The molecule has 3 amide bonds. The highest BCUT2D eigenvalue weighted by Crippen LogP contribution is 2.10. The number of hydrazine groups is 1. The fourth-order valence-corrected chi connectivity index (χ4v) is 3.15. The van der Waals surface area contributed by atoms with Crippen molar-refractivity contribution in [2.75, 3.05) is 6.54 Å². The Labute approximate surface area is 199 Å². The number of carboxylic acids is 1. The quantitative estimate of drug-likeness (QED) is 0.212. The fraction of sp³-hybridized carbons (Fsp3) is 0.360. The first-order valence-electron chi connectivity index (χ1n) is 11.2. The van der Waals surface area contributed by atoms with Crippen LogP contribution >= 0.6 is 0 Å². The summed E-state index contributed by atoms with van der Waals surface area (Å²) in [6.45, 7) is 3.82. The van der Waals surface area contributed by atoms with Crippen molar-refractivity contribution in [2.45, 2.75) is 45.2 Å². The van der Waals surface area contributed by atoms with E-state index in [1.54, 1.807) is 74.5 Å². The minimum absolute atomic E-state index is 0.117. The van der Waals surface area contributed by atoms with Gasteiger partial charge in [-0.3, -0.25) is 14.4 Å². The summed E-state index contributed by atoms with van der Waals surface area (Å²) in [7, 11) is 0. The third-order valence-electron chi connectivity index (χ3n) is 5.27. The number of hydrogen-bond acceptors (Lipinski definition) is 6. The molecule has 0 aliphatic carbocycles. The Morgan fingerprint density at radius 1 is 0.882 bits per heavy atom. The van der Waals surface area contributed by atoms with Crippen LogP contribution in [0, 0.1) is 5.92 Å². The molecule has 0 radical (unpaired) electrons. The lowest BCUT2D eigenvalue weighted by atomic mass is 10.0. The molecule has 2 aromatic carbocycles. The van der Waals surface area contributed by atoms with E-state index in [0.717, 1.165) is 5.01 Å². The molecule has 0 heterocycles. The molecule has 0 aliphatic rings. The van der Waals surface area contributed by atoms with Crippen molar-refractivity contribution in [1.82, 2.24) is 15.8 Å². The van der Waals surface area contributed by atoms with Gasteiger partial charge in [0.25, 0.3) is 11.8 Å². The molecule has 0 fully saturated rings. The molecule has 0 spiro atoms. The number of hydrogen-bond donors (Lipinski definition) is 4. The van der Waals surface area contributed by atoms with Gasteiger partial charge < -0.3 is 16.2 Å². The van der Waals surface area contributed by atoms with Crippen molar-refractivity contribution in [3.05, 3.63) is 71.8 Å². The van der Waals surface area contributed by atoms with Gasteiger partial charge in [-0.1, -0.05) is 50.2 Å². The van der Waals surface area contributed by atoms with Crippen molar-refractivity contribution in [3.8, 4) is 0 Å². The molecular weight excluding hydrogens is 436 g/mol. The molecule has 0 saturated heterocycles. The molecule has 5 N–H and O–H groups in total. The Bertz CT molecular complexity index is 914. The zero-order chi connectivity index (χ0) is 25.1. The van der Waals surface area contributed by atoms with E-state index in [-0.39, 0.29) is 18.9 Å². The van der Waals surface area contributed by atoms with E-state index in [1.165, 1.54) is 0 Å². The van der Waals surface area contributed by atoms with Crippen LogP contribution in [0.5, 0.6) is 0 Å². The first-order valence-corrected chi connectivity index (χ1v) is 11.2. The van der Waals surface area contributed by atoms with Gasteiger partial charge in [0, 0.05) is 17.7 Å². The maximum Gasteiger partial charge on any atom is 0.326 e. The second kappa shape index (κ2) is 13.2. The highest BCUT2D eigenvalue weighted by molar-refractivity contribution is 6.09. The average Bonchev–Trinajstić information content (AvgIpc) is 2.84. The molecule has 0 aromatic heterocycles. The number of carbonyl (C=O) groups is 4. The van der Waals surface area contributed by atoms with Crippen LogP contribution in [-0.4, -0.2) is 52.4 Å². The summed E-state index contributed by atoms with van der Waals surface area (Å²) in [5, 5.41) is 12.9. The number of rotatable bonds is 12. The average molecular weight is 469 g/mol. The van der Waals surface area contributed by atoms with Gasteiger partial charge >= 0.3 is 5.97 Å². The second-order valence-electron chi connectivity index (χ2n) is 8.25. The zero-order valence-corrected chi connectivity index (χ0v) is 19.4. The highest BCUT2D eigenvalue weighted by atomic mass is 16.4. The van der Waals surface area contributed by atoms with Crippen LogP contribution < -0.4 is 16.5 Å². The summed E-state index contributed by atoms with van der Waals surface area (Å²) in [6, 6.07) is 15.0. The van der Waals surface area contributed by atoms with Crippen LogP contribution in [0.2, 0.25) is 0 Å². The first-order chi connectivity index (χ1) is 16.2. The molecule has 0 saturated carbocycles. The van der Waals surface area contributed by atoms with E-state index in [2.05, 4.69) is 10.7 Å². The lowest BCUT2D eigenvalue weighted by Gasteiger charge is -2.22. The number of imide groups is 1. The Kier molecular flexibility index (Phi) is 10.4. The van der Waals surface area contributed by atoms with E-state index >= 15 is 0 Å². The van der Waals surface area contributed by atoms with Gasteiger partial charge in [-0.05, 0) is 49.4 Å². The molecule has 9 nitrogen and oxygen atoms in total. The maximum atomic E-state index is 13.0. The van der Waals surface area contributed by atoms with Crippen LogP contribution in [0.4, 0.5) is 0 Å². The van der Waals surface area contributed by atoms with E-state index in [9.17, 15) is 24.3 Å². The van der Waals surface area contributed by atoms with Crippen molar-refractivity contribution in [3.63, 3.8) is 0 Å². The molecule has 0 aliphatic heterocycles. The van der Waals surface area contributed by atoms with Gasteiger partial charge in [0.15, 0.2) is 0 Å². The van der Waals surface area contributed by atoms with Crippen LogP contribution in [0.3, 0.4) is 0 Å². The Hall–Kier alpha value is -3.56. The topological polar surface area (TPSA) is 142 Å². The van der Waals surface area contributed by atoms with Crippen LogP contribution in [0.1, 0.15) is 53.8 Å². The zero-order valence-electron chi connectivity index (χ0n) is 19.4. The third kappa shape index (κ3) is 7.79. The predicted molar refractivity (Wildman–Crippen MR) is 128 cm³/mol. The number of carboxylic acid groups (broad SMARTS) is 1. The van der Waals surface area contributed by atoms with Gasteiger partial charge in [-0.2, -0.15) is 0 Å². The minimum Gasteiger partial charge on any atom is -0.480 e. The van der Waals surface area contributed by atoms with Crippen molar-refractivity contribution in [2.24, 2.45) is 11.7 Å². The molecule has 2 atom stereocenters. The molecule has 0 bridgehead atoms. The number of nitrogens with one attached hydrogen (secondary N) is 2. The molecule has 2 aromatic rings. The molecule has 9 heteroatoms. The number of amides is 3. The summed E-state index contributed by atoms with van der Waals surface area (Å²) >= 11 is 0. The van der Waals surface area contributed by atoms with E-state index in [1.807, 2.05) is 0 Å². The first kappa shape index (κ1) is 26.7. The van der Waals surface area contributed by atoms with Gasteiger partial charge in [0.1, 0.15) is 6.04 Å². The molecular formula is C25H32N4O5. The summed E-state index contributed by atoms with van der Waals surface area (Å²) in [6.07, 6.45) is 1.09. The van der Waals surface area contributed by atoms with Gasteiger partial charge in [-0.15, -0.1) is 0 Å². The van der Waals surface area contributed by atoms with E-state index in [0.29, 0.717) is 24.0 Å². The van der Waals surface area contributed by atoms with Gasteiger partial charge in [0.05, 0.1) is 6.04 Å². The molecule has 0 unspecified atom stereocenters. The standard InChI is InChI=1S/C25H32N4O5/c1-17(2)21(26)22(30)28-20(25(33)34)15-9-10-16-27-29(23(31)18-11-5-3-6-12-18)24(32)19-13-7-4-8-14-19/h3-8,11-14,17,20-21,27H,9-10,15-16,26H2,1-2H3,(H,28,30)(H,33,34)/t20-,21-/m0/s1. The molecule has 182 valence electrons. The normalized spacial score (nSPS) is 12.6. The fourth-order valence-electron chi connectivity index (χ4n) is 3.15. The molecule has 2 rings (SSSR count). The maximum absolute atomic E-state index is 13.0. The Morgan fingerprint density at radius 3 is 1.82 bits per heavy atom. The Balaban J connectivity index is 1.97. The van der Waals surface area contributed by atoms with Crippen LogP contribution in [0.15, 0.2) is 60.7 Å². The van der Waals surface area contributed by atoms with E-state index < -0.39 is 35.8 Å². The number of nitrogens with zero attached hydrogens (tertiary/aromatic N) is 1. The summed E-state index contributed by atoms with van der Waals surface area (Å²) in [4.78, 5) is 49.6. The van der Waals surface area contributed by atoms with Crippen LogP contribution in [0.25, 0.3) is 0 Å². The SMILES string of the molecule is CC(C)[C@H](N)C(=O)N[C@@H](CCCCNN(C(=O)c1ccccc1)C(=O)c1ccccc1)C(=O)O. The summed E-state index contributed by atoms with van der Waals surface area (Å²) < 4.78 is 0. The minimum atomic E-state index is -1.14. The number of benzene rings is 2. The summed E-state index contributed by atoms with van der Waals surface area (Å²) in [5.74, 6) is -2.75. The lowest BCUT2D eigenvalue weighted by Crippen LogP contribution is -2.50. The monoisotopic (exact) mass is 468 g/mol. The van der Waals surface area contributed by atoms with Crippen molar-refractivity contribution in [1.29, 1.82) is 0 Å². The summed E-state index contributed by atoms with van der Waals surface area (Å²) in [5.41, 5.74) is 9.37. The lowest BCUT2D eigenvalue weighted by molar-refractivity contribution is -0.142.